The highest BCUT2D eigenvalue weighted by Crippen LogP contribution is 2.25. The van der Waals surface area contributed by atoms with E-state index >= 15 is 0 Å². The van der Waals surface area contributed by atoms with Gasteiger partial charge >= 0.3 is 0 Å². The molecule has 0 spiro atoms. The van der Waals surface area contributed by atoms with Gasteiger partial charge in [-0.15, -0.1) is 6.58 Å². The van der Waals surface area contributed by atoms with E-state index in [0.717, 1.165) is 18.4 Å². The number of para-hydroxylation sites is 1. The lowest BCUT2D eigenvalue weighted by molar-refractivity contribution is 0.130. The summed E-state index contributed by atoms with van der Waals surface area (Å²) < 4.78 is 21.2. The van der Waals surface area contributed by atoms with Crippen LogP contribution in [0.25, 0.3) is 16.7 Å². The molecule has 1 aromatic carbocycles. The van der Waals surface area contributed by atoms with Gasteiger partial charge in [0.25, 0.3) is 0 Å². The van der Waals surface area contributed by atoms with Crippen molar-refractivity contribution in [3.05, 3.63) is 55.3 Å². The number of benzene rings is 1. The molecule has 0 amide bonds. The summed E-state index contributed by atoms with van der Waals surface area (Å²) in [6, 6.07) is 6.48. The Morgan fingerprint density at radius 3 is 3.08 bits per heavy atom. The first-order valence-corrected chi connectivity index (χ1v) is 8.19. The van der Waals surface area contributed by atoms with E-state index in [4.69, 9.17) is 4.74 Å². The van der Waals surface area contributed by atoms with Gasteiger partial charge in [0.05, 0.1) is 17.7 Å². The van der Waals surface area contributed by atoms with Crippen LogP contribution in [0.1, 0.15) is 6.42 Å². The van der Waals surface area contributed by atoms with Crippen LogP contribution in [0.15, 0.2) is 49.4 Å². The Morgan fingerprint density at radius 2 is 2.24 bits per heavy atom. The molecule has 1 aliphatic heterocycles. The zero-order valence-corrected chi connectivity index (χ0v) is 13.6. The molecule has 0 radical (unpaired) electrons. The first-order valence-electron chi connectivity index (χ1n) is 8.19. The molecular formula is C18H18FN5O. The lowest BCUT2D eigenvalue weighted by Crippen LogP contribution is -2.22. The molecule has 25 heavy (non-hydrogen) atoms. The zero-order chi connectivity index (χ0) is 17.2. The molecule has 1 aliphatic rings. The molecule has 6 nitrogen and oxygen atoms in total. The van der Waals surface area contributed by atoms with Gasteiger partial charge in [0, 0.05) is 19.1 Å². The molecule has 1 fully saturated rings. The summed E-state index contributed by atoms with van der Waals surface area (Å²) >= 11 is 0. The molecule has 2 aromatic heterocycles. The Kier molecular flexibility index (Phi) is 4.15. The Morgan fingerprint density at radius 1 is 1.36 bits per heavy atom. The van der Waals surface area contributed by atoms with Crippen molar-refractivity contribution in [3.63, 3.8) is 0 Å². The molecule has 1 saturated heterocycles. The number of ether oxygens (including phenoxy) is 1. The van der Waals surface area contributed by atoms with Crippen LogP contribution in [0, 0.1) is 11.7 Å². The smallest absolute Gasteiger partial charge is 0.168 e. The van der Waals surface area contributed by atoms with Crippen molar-refractivity contribution in [2.75, 3.05) is 18.5 Å². The van der Waals surface area contributed by atoms with Gasteiger partial charge in [-0.05, 0) is 18.6 Å². The van der Waals surface area contributed by atoms with Crippen LogP contribution in [0.5, 0.6) is 0 Å². The van der Waals surface area contributed by atoms with E-state index in [-0.39, 0.29) is 11.9 Å². The van der Waals surface area contributed by atoms with Gasteiger partial charge in [0.1, 0.15) is 23.6 Å². The number of nitrogens with zero attached hydrogens (tertiary/aromatic N) is 4. The fraction of sp³-hybridized carbons (Fsp3) is 0.278. The number of hydrogen-bond donors (Lipinski definition) is 1. The van der Waals surface area contributed by atoms with E-state index in [1.54, 1.807) is 24.4 Å². The maximum Gasteiger partial charge on any atom is 0.168 e. The van der Waals surface area contributed by atoms with E-state index in [2.05, 4.69) is 27.0 Å². The first kappa shape index (κ1) is 15.7. The van der Waals surface area contributed by atoms with Crippen LogP contribution in [0.3, 0.4) is 0 Å². The second-order valence-electron chi connectivity index (χ2n) is 5.97. The molecule has 1 N–H and O–H groups in total. The van der Waals surface area contributed by atoms with Gasteiger partial charge in [0.2, 0.25) is 0 Å². The van der Waals surface area contributed by atoms with Gasteiger partial charge in [-0.3, -0.25) is 0 Å². The quantitative estimate of drug-likeness (QED) is 0.724. The fourth-order valence-electron chi connectivity index (χ4n) is 3.15. The van der Waals surface area contributed by atoms with Gasteiger partial charge in [-0.2, -0.15) is 5.10 Å². The van der Waals surface area contributed by atoms with Crippen molar-refractivity contribution < 1.29 is 9.13 Å². The molecule has 0 unspecified atom stereocenters. The summed E-state index contributed by atoms with van der Waals surface area (Å²) in [7, 11) is 0. The predicted molar refractivity (Wildman–Crippen MR) is 93.2 cm³/mol. The van der Waals surface area contributed by atoms with Crippen LogP contribution in [0.2, 0.25) is 0 Å². The second kappa shape index (κ2) is 6.60. The van der Waals surface area contributed by atoms with Crippen LogP contribution < -0.4 is 5.32 Å². The summed E-state index contributed by atoms with van der Waals surface area (Å²) in [5, 5.41) is 8.39. The van der Waals surface area contributed by atoms with Crippen LogP contribution in [-0.2, 0) is 4.74 Å². The van der Waals surface area contributed by atoms with Crippen molar-refractivity contribution >= 4 is 16.9 Å². The normalized spacial score (nSPS) is 20.0. The molecular weight excluding hydrogens is 321 g/mol. The van der Waals surface area contributed by atoms with Gasteiger partial charge < -0.3 is 10.1 Å². The average Bonchev–Trinajstić information content (AvgIpc) is 3.27. The lowest BCUT2D eigenvalue weighted by Gasteiger charge is -2.16. The number of anilines is 1. The van der Waals surface area contributed by atoms with Crippen LogP contribution in [-0.4, -0.2) is 39.0 Å². The Hall–Kier alpha value is -2.80. The molecule has 0 aliphatic carbocycles. The summed E-state index contributed by atoms with van der Waals surface area (Å²) in [5.74, 6) is 0.684. The average molecular weight is 339 g/mol. The summed E-state index contributed by atoms with van der Waals surface area (Å²) in [6.45, 7) is 5.28. The van der Waals surface area contributed by atoms with Crippen molar-refractivity contribution in [3.8, 4) is 5.69 Å². The van der Waals surface area contributed by atoms with E-state index in [9.17, 15) is 4.39 Å². The van der Waals surface area contributed by atoms with Crippen molar-refractivity contribution in [2.45, 2.75) is 12.5 Å². The topological polar surface area (TPSA) is 64.9 Å². The SMILES string of the molecule is C=C[C@@H]1OCC[C@H]1CNc1ncnc2c1cnn2-c1ccccc1F. The van der Waals surface area contributed by atoms with Gasteiger partial charge in [0.15, 0.2) is 5.65 Å². The number of fused-ring (bicyclic) bond motifs is 1. The number of halogens is 1. The summed E-state index contributed by atoms with van der Waals surface area (Å²) in [4.78, 5) is 8.58. The van der Waals surface area contributed by atoms with E-state index < -0.39 is 0 Å². The van der Waals surface area contributed by atoms with Crippen molar-refractivity contribution in [2.24, 2.45) is 5.92 Å². The number of aromatic nitrogens is 4. The first-order chi connectivity index (χ1) is 12.3. The van der Waals surface area contributed by atoms with E-state index in [1.807, 2.05) is 6.08 Å². The molecule has 0 bridgehead atoms. The van der Waals surface area contributed by atoms with Crippen LogP contribution >= 0.6 is 0 Å². The highest BCUT2D eigenvalue weighted by atomic mass is 19.1. The number of nitrogens with one attached hydrogen (secondary N) is 1. The number of hydrogen-bond acceptors (Lipinski definition) is 5. The molecule has 2 atom stereocenters. The minimum atomic E-state index is -0.349. The second-order valence-corrected chi connectivity index (χ2v) is 5.97. The van der Waals surface area contributed by atoms with Crippen LogP contribution in [0.4, 0.5) is 10.2 Å². The largest absolute Gasteiger partial charge is 0.374 e. The molecule has 0 saturated carbocycles. The third-order valence-electron chi connectivity index (χ3n) is 4.47. The highest BCUT2D eigenvalue weighted by Gasteiger charge is 2.25. The third-order valence-corrected chi connectivity index (χ3v) is 4.47. The molecule has 7 heteroatoms. The monoisotopic (exact) mass is 339 g/mol. The molecule has 128 valence electrons. The van der Waals surface area contributed by atoms with Crippen molar-refractivity contribution in [1.82, 2.24) is 19.7 Å². The molecule has 3 heterocycles. The Bertz CT molecular complexity index is 909. The minimum absolute atomic E-state index is 0.0611. The highest BCUT2D eigenvalue weighted by molar-refractivity contribution is 5.87. The van der Waals surface area contributed by atoms with Gasteiger partial charge in [-0.1, -0.05) is 18.2 Å². The zero-order valence-electron chi connectivity index (χ0n) is 13.6. The molecule has 3 aromatic rings. The van der Waals surface area contributed by atoms with E-state index in [0.29, 0.717) is 29.6 Å². The maximum absolute atomic E-state index is 14.1. The van der Waals surface area contributed by atoms with Crippen molar-refractivity contribution in [1.29, 1.82) is 0 Å². The Labute approximate surface area is 144 Å². The van der Waals surface area contributed by atoms with Gasteiger partial charge in [-0.25, -0.2) is 19.0 Å². The standard InChI is InChI=1S/C18H18FN5O/c1-2-16-12(7-8-25-16)9-20-17-13-10-23-24(18(13)22-11-21-17)15-6-4-3-5-14(15)19/h2-6,10-12,16H,1,7-9H2,(H,20,21,22)/t12-,16-/m0/s1. The minimum Gasteiger partial charge on any atom is -0.374 e. The molecule has 4 rings (SSSR count). The predicted octanol–water partition coefficient (Wildman–Crippen LogP) is 2.96. The fourth-order valence-corrected chi connectivity index (χ4v) is 3.15. The third kappa shape index (κ3) is 2.87. The Balaban J connectivity index is 1.63. The van der Waals surface area contributed by atoms with E-state index in [1.165, 1.54) is 17.1 Å². The maximum atomic E-state index is 14.1. The number of rotatable bonds is 5. The summed E-state index contributed by atoms with van der Waals surface area (Å²) in [6.07, 6.45) is 5.99. The lowest BCUT2D eigenvalue weighted by atomic mass is 10.0. The summed E-state index contributed by atoms with van der Waals surface area (Å²) in [5.41, 5.74) is 0.920.